The summed E-state index contributed by atoms with van der Waals surface area (Å²) in [6, 6.07) is 0. The third-order valence-electron chi connectivity index (χ3n) is 12.3. The van der Waals surface area contributed by atoms with Crippen molar-refractivity contribution >= 4 is 17.5 Å². The second kappa shape index (κ2) is 8.26. The van der Waals surface area contributed by atoms with Crippen LogP contribution in [0.4, 0.5) is 0 Å². The van der Waals surface area contributed by atoms with E-state index in [2.05, 4.69) is 55.4 Å². The van der Waals surface area contributed by atoms with Crippen molar-refractivity contribution < 1.29 is 23.9 Å². The molecule has 2 saturated carbocycles. The van der Waals surface area contributed by atoms with E-state index in [1.807, 2.05) is 0 Å². The number of rotatable bonds is 5. The van der Waals surface area contributed by atoms with Gasteiger partial charge in [0.05, 0.1) is 11.7 Å². The minimum atomic E-state index is -0.375. The number of epoxide rings is 1. The Balaban J connectivity index is 1.49. The molecule has 1 heterocycles. The Hall–Kier alpha value is -1.49. The standard InChI is InChI=1S/C32H48O5/c1-18(10-11-25-29(5,6)37-25)20-12-15-31(8)27-21(34)16-23-28(3,4)24(36-19(2)33)13-14-30(23,7)26(27)22(35)17-32(20,31)9/h18,20,23-25H,10-17H2,1-9H3/t18-,20-,23+,24+,25?,30+,31+,32-/m1/s1. The van der Waals surface area contributed by atoms with Gasteiger partial charge in [0.1, 0.15) is 6.10 Å². The zero-order valence-electron chi connectivity index (χ0n) is 24.6. The first kappa shape index (κ1) is 27.1. The van der Waals surface area contributed by atoms with Gasteiger partial charge in [-0.25, -0.2) is 0 Å². The third-order valence-corrected chi connectivity index (χ3v) is 12.3. The quantitative estimate of drug-likeness (QED) is 0.306. The molecule has 4 aliphatic carbocycles. The van der Waals surface area contributed by atoms with E-state index in [0.29, 0.717) is 30.8 Å². The number of ketones is 2. The molecule has 8 atom stereocenters. The lowest BCUT2D eigenvalue weighted by Gasteiger charge is -2.60. The molecule has 3 fully saturated rings. The van der Waals surface area contributed by atoms with Gasteiger partial charge in [0, 0.05) is 47.2 Å². The van der Waals surface area contributed by atoms with Crippen LogP contribution in [0.25, 0.3) is 0 Å². The Bertz CT molecular complexity index is 1070. The van der Waals surface area contributed by atoms with E-state index in [1.165, 1.54) is 6.92 Å². The molecule has 206 valence electrons. The fourth-order valence-electron chi connectivity index (χ4n) is 9.86. The summed E-state index contributed by atoms with van der Waals surface area (Å²) in [6.45, 7) is 19.2. The van der Waals surface area contributed by atoms with Crippen LogP contribution in [0, 0.1) is 39.4 Å². The van der Waals surface area contributed by atoms with E-state index >= 15 is 0 Å². The van der Waals surface area contributed by atoms with E-state index in [1.54, 1.807) is 0 Å². The second-order valence-electron chi connectivity index (χ2n) is 15.1. The van der Waals surface area contributed by atoms with Crippen LogP contribution < -0.4 is 0 Å². The molecule has 5 heteroatoms. The Morgan fingerprint density at radius 3 is 2.24 bits per heavy atom. The van der Waals surface area contributed by atoms with Gasteiger partial charge in [-0.15, -0.1) is 0 Å². The highest BCUT2D eigenvalue weighted by molar-refractivity contribution is 6.11. The van der Waals surface area contributed by atoms with Crippen LogP contribution in [0.5, 0.6) is 0 Å². The summed E-state index contributed by atoms with van der Waals surface area (Å²) in [5, 5.41) is 0. The molecule has 0 aromatic rings. The molecule has 0 radical (unpaired) electrons. The summed E-state index contributed by atoms with van der Waals surface area (Å²) in [5.41, 5.74) is 0.510. The highest BCUT2D eigenvalue weighted by Crippen LogP contribution is 2.71. The number of carbonyl (C=O) groups is 3. The first-order chi connectivity index (χ1) is 17.0. The average Bonchev–Trinajstić information content (AvgIpc) is 3.29. The predicted octanol–water partition coefficient (Wildman–Crippen LogP) is 6.62. The summed E-state index contributed by atoms with van der Waals surface area (Å²) in [6.07, 6.45) is 6.81. The van der Waals surface area contributed by atoms with Gasteiger partial charge in [-0.3, -0.25) is 14.4 Å². The lowest BCUT2D eigenvalue weighted by molar-refractivity contribution is -0.169. The SMILES string of the molecule is CC(=O)O[C@H]1CC[C@]2(C)C3=C(C(=O)C[C@H]2C1(C)C)[C@]1(C)CC[C@H]([C@H](C)CCC2OC2(C)C)[C@@]1(C)CC3=O. The largest absolute Gasteiger partial charge is 0.462 e. The topological polar surface area (TPSA) is 73.0 Å². The first-order valence-corrected chi connectivity index (χ1v) is 14.7. The van der Waals surface area contributed by atoms with Crippen molar-refractivity contribution in [1.82, 2.24) is 0 Å². The van der Waals surface area contributed by atoms with Gasteiger partial charge in [0.15, 0.2) is 11.6 Å². The minimum Gasteiger partial charge on any atom is -0.462 e. The Kier molecular flexibility index (Phi) is 6.05. The second-order valence-corrected chi connectivity index (χ2v) is 15.1. The summed E-state index contributed by atoms with van der Waals surface area (Å²) >= 11 is 0. The number of fused-ring (bicyclic) bond motifs is 4. The van der Waals surface area contributed by atoms with Gasteiger partial charge in [-0.05, 0) is 75.5 Å². The number of hydrogen-bond donors (Lipinski definition) is 0. The fourth-order valence-corrected chi connectivity index (χ4v) is 9.86. The van der Waals surface area contributed by atoms with E-state index in [9.17, 15) is 14.4 Å². The average molecular weight is 513 g/mol. The van der Waals surface area contributed by atoms with Crippen LogP contribution in [-0.2, 0) is 23.9 Å². The van der Waals surface area contributed by atoms with Crippen molar-refractivity contribution in [3.63, 3.8) is 0 Å². The van der Waals surface area contributed by atoms with E-state index in [4.69, 9.17) is 9.47 Å². The molecule has 0 spiro atoms. The van der Waals surface area contributed by atoms with Crippen LogP contribution in [0.15, 0.2) is 11.1 Å². The van der Waals surface area contributed by atoms with Gasteiger partial charge in [-0.1, -0.05) is 41.5 Å². The van der Waals surface area contributed by atoms with Crippen molar-refractivity contribution in [1.29, 1.82) is 0 Å². The maximum Gasteiger partial charge on any atom is 0.302 e. The van der Waals surface area contributed by atoms with Gasteiger partial charge in [0.25, 0.3) is 0 Å². The third kappa shape index (κ3) is 3.76. The molecule has 1 saturated heterocycles. The van der Waals surface area contributed by atoms with Crippen LogP contribution in [0.1, 0.15) is 114 Å². The molecule has 1 unspecified atom stereocenters. The summed E-state index contributed by atoms with van der Waals surface area (Å²) in [4.78, 5) is 40.2. The summed E-state index contributed by atoms with van der Waals surface area (Å²) in [7, 11) is 0. The number of allylic oxidation sites excluding steroid dienone is 2. The number of carbonyl (C=O) groups excluding carboxylic acids is 3. The van der Waals surface area contributed by atoms with Crippen molar-refractivity contribution in [2.45, 2.75) is 131 Å². The molecule has 5 nitrogen and oxygen atoms in total. The molecular formula is C32H48O5. The lowest BCUT2D eigenvalue weighted by Crippen LogP contribution is -2.59. The lowest BCUT2D eigenvalue weighted by atomic mass is 9.42. The van der Waals surface area contributed by atoms with E-state index < -0.39 is 0 Å². The molecular weight excluding hydrogens is 464 g/mol. The van der Waals surface area contributed by atoms with E-state index in [0.717, 1.165) is 49.7 Å². The van der Waals surface area contributed by atoms with Gasteiger partial charge < -0.3 is 9.47 Å². The number of hydrogen-bond acceptors (Lipinski definition) is 5. The number of ether oxygens (including phenoxy) is 2. The van der Waals surface area contributed by atoms with Gasteiger partial charge in [0.2, 0.25) is 0 Å². The Morgan fingerprint density at radius 2 is 1.65 bits per heavy atom. The van der Waals surface area contributed by atoms with Crippen LogP contribution in [0.2, 0.25) is 0 Å². The monoisotopic (exact) mass is 512 g/mol. The van der Waals surface area contributed by atoms with Crippen molar-refractivity contribution in [2.24, 2.45) is 39.4 Å². The van der Waals surface area contributed by atoms with E-state index in [-0.39, 0.29) is 56.8 Å². The minimum absolute atomic E-state index is 0.0110. The van der Waals surface area contributed by atoms with Crippen LogP contribution >= 0.6 is 0 Å². The maximum atomic E-state index is 14.2. The zero-order valence-corrected chi connectivity index (χ0v) is 24.6. The molecule has 0 aromatic carbocycles. The predicted molar refractivity (Wildman–Crippen MR) is 143 cm³/mol. The molecule has 5 aliphatic rings. The highest BCUT2D eigenvalue weighted by atomic mass is 16.6. The zero-order chi connectivity index (χ0) is 27.3. The number of Topliss-reactive ketones (excluding diaryl/α,β-unsaturated/α-hetero) is 2. The summed E-state index contributed by atoms with van der Waals surface area (Å²) < 4.78 is 11.6. The smallest absolute Gasteiger partial charge is 0.302 e. The highest BCUT2D eigenvalue weighted by Gasteiger charge is 2.67. The van der Waals surface area contributed by atoms with Crippen molar-refractivity contribution in [3.05, 3.63) is 11.1 Å². The Morgan fingerprint density at radius 1 is 1.00 bits per heavy atom. The molecule has 0 amide bonds. The molecule has 37 heavy (non-hydrogen) atoms. The molecule has 5 rings (SSSR count). The van der Waals surface area contributed by atoms with Gasteiger partial charge in [-0.2, -0.15) is 0 Å². The molecule has 0 bridgehead atoms. The fraction of sp³-hybridized carbons (Fsp3) is 0.844. The Labute approximate surface area is 223 Å². The van der Waals surface area contributed by atoms with Gasteiger partial charge >= 0.3 is 5.97 Å². The normalized spacial score (nSPS) is 44.6. The number of esters is 1. The molecule has 0 aromatic heterocycles. The molecule has 0 N–H and O–H groups in total. The van der Waals surface area contributed by atoms with Crippen LogP contribution in [-0.4, -0.2) is 35.3 Å². The summed E-state index contributed by atoms with van der Waals surface area (Å²) in [5.74, 6) is 0.983. The maximum absolute atomic E-state index is 14.2. The first-order valence-electron chi connectivity index (χ1n) is 14.7. The van der Waals surface area contributed by atoms with Crippen LogP contribution in [0.3, 0.4) is 0 Å². The van der Waals surface area contributed by atoms with Crippen molar-refractivity contribution in [3.8, 4) is 0 Å². The van der Waals surface area contributed by atoms with Crippen molar-refractivity contribution in [2.75, 3.05) is 0 Å². The molecule has 1 aliphatic heterocycles.